The molecule has 0 heterocycles. The normalized spacial score (nSPS) is 12.3. The monoisotopic (exact) mass is 295 g/mol. The fourth-order valence-corrected chi connectivity index (χ4v) is 1.98. The van der Waals surface area contributed by atoms with Crippen molar-refractivity contribution >= 4 is 11.6 Å². The van der Waals surface area contributed by atoms with Crippen molar-refractivity contribution < 1.29 is 14.6 Å². The highest BCUT2D eigenvalue weighted by Gasteiger charge is 2.14. The zero-order chi connectivity index (χ0) is 15.7. The van der Waals surface area contributed by atoms with Crippen LogP contribution >= 0.6 is 0 Å². The molecule has 0 aliphatic carbocycles. The first kappa shape index (κ1) is 17.3. The van der Waals surface area contributed by atoms with Crippen LogP contribution in [-0.4, -0.2) is 48.3 Å². The maximum atomic E-state index is 11.0. The first-order valence-corrected chi connectivity index (χ1v) is 7.18. The predicted octanol–water partition coefficient (Wildman–Crippen LogP) is 0.596. The highest BCUT2D eigenvalue weighted by Crippen LogP contribution is 2.14. The van der Waals surface area contributed by atoms with Crippen molar-refractivity contribution in [2.75, 3.05) is 32.0 Å². The van der Waals surface area contributed by atoms with E-state index in [0.29, 0.717) is 18.0 Å². The summed E-state index contributed by atoms with van der Waals surface area (Å²) in [7, 11) is 0. The van der Waals surface area contributed by atoms with Crippen LogP contribution in [0.4, 0.5) is 5.69 Å². The summed E-state index contributed by atoms with van der Waals surface area (Å²) in [6.45, 7) is 3.45. The Kier molecular flexibility index (Phi) is 7.56. The van der Waals surface area contributed by atoms with E-state index in [1.807, 2.05) is 4.90 Å². The number of primary amides is 1. The largest absolute Gasteiger partial charge is 0.491 e. The molecule has 6 heteroatoms. The molecule has 1 aromatic carbocycles. The van der Waals surface area contributed by atoms with E-state index in [2.05, 4.69) is 6.92 Å². The Labute approximate surface area is 125 Å². The number of carbonyl (C=O) groups is 1. The summed E-state index contributed by atoms with van der Waals surface area (Å²) in [5.41, 5.74) is 11.5. The molecule has 1 unspecified atom stereocenters. The van der Waals surface area contributed by atoms with Gasteiger partial charge in [0.1, 0.15) is 18.5 Å². The van der Waals surface area contributed by atoms with Gasteiger partial charge in [0.25, 0.3) is 0 Å². The molecular weight excluding hydrogens is 270 g/mol. The van der Waals surface area contributed by atoms with Crippen LogP contribution in [0.1, 0.15) is 19.8 Å². The van der Waals surface area contributed by atoms with Gasteiger partial charge in [0.05, 0.1) is 6.54 Å². The lowest BCUT2D eigenvalue weighted by atomic mass is 10.2. The third-order valence-electron chi connectivity index (χ3n) is 2.98. The molecule has 1 rings (SSSR count). The Morgan fingerprint density at radius 3 is 2.86 bits per heavy atom. The Bertz CT molecular complexity index is 440. The summed E-state index contributed by atoms with van der Waals surface area (Å²) in [5.74, 6) is 0.221. The number of benzene rings is 1. The minimum atomic E-state index is -0.692. The number of hydrogen-bond acceptors (Lipinski definition) is 5. The summed E-state index contributed by atoms with van der Waals surface area (Å²) in [5, 5.41) is 10.0. The van der Waals surface area contributed by atoms with Gasteiger partial charge in [0, 0.05) is 18.3 Å². The Morgan fingerprint density at radius 2 is 2.24 bits per heavy atom. The van der Waals surface area contributed by atoms with E-state index in [4.69, 9.17) is 16.2 Å². The molecule has 0 aromatic heterocycles. The number of unbranched alkanes of at least 4 members (excludes halogenated alkanes) is 1. The van der Waals surface area contributed by atoms with Crippen molar-refractivity contribution in [2.45, 2.75) is 25.9 Å². The lowest BCUT2D eigenvalue weighted by molar-refractivity contribution is -0.119. The first-order chi connectivity index (χ1) is 10.0. The van der Waals surface area contributed by atoms with E-state index >= 15 is 0 Å². The van der Waals surface area contributed by atoms with Crippen LogP contribution < -0.4 is 16.2 Å². The van der Waals surface area contributed by atoms with Crippen molar-refractivity contribution in [1.82, 2.24) is 4.90 Å². The highest BCUT2D eigenvalue weighted by molar-refractivity contribution is 5.75. The number of rotatable bonds is 10. The smallest absolute Gasteiger partial charge is 0.231 e. The number of nitrogens with zero attached hydrogens (tertiary/aromatic N) is 1. The van der Waals surface area contributed by atoms with Crippen LogP contribution in [0, 0.1) is 0 Å². The number of nitrogens with two attached hydrogens (primary N) is 2. The van der Waals surface area contributed by atoms with Crippen molar-refractivity contribution in [2.24, 2.45) is 5.73 Å². The lowest BCUT2D eigenvalue weighted by Crippen LogP contribution is -2.41. The number of anilines is 1. The molecule has 118 valence electrons. The maximum Gasteiger partial charge on any atom is 0.231 e. The van der Waals surface area contributed by atoms with E-state index in [0.717, 1.165) is 19.4 Å². The molecule has 0 aliphatic rings. The summed E-state index contributed by atoms with van der Waals surface area (Å²) in [4.78, 5) is 12.9. The minimum Gasteiger partial charge on any atom is -0.491 e. The minimum absolute atomic E-state index is 0.144. The molecule has 6 nitrogen and oxygen atoms in total. The topological polar surface area (TPSA) is 102 Å². The van der Waals surface area contributed by atoms with Crippen LogP contribution in [0.2, 0.25) is 0 Å². The molecule has 0 aliphatic heterocycles. The van der Waals surface area contributed by atoms with Gasteiger partial charge in [-0.15, -0.1) is 0 Å². The van der Waals surface area contributed by atoms with Crippen LogP contribution in [0.25, 0.3) is 0 Å². The summed E-state index contributed by atoms with van der Waals surface area (Å²) < 4.78 is 5.49. The van der Waals surface area contributed by atoms with E-state index in [1.165, 1.54) is 0 Å². The average molecular weight is 295 g/mol. The second kappa shape index (κ2) is 9.20. The second-order valence-corrected chi connectivity index (χ2v) is 5.09. The number of nitrogen functional groups attached to an aromatic ring is 1. The molecule has 21 heavy (non-hydrogen) atoms. The Morgan fingerprint density at radius 1 is 1.48 bits per heavy atom. The number of aliphatic hydroxyl groups is 1. The first-order valence-electron chi connectivity index (χ1n) is 7.18. The molecule has 0 saturated heterocycles. The van der Waals surface area contributed by atoms with Gasteiger partial charge in [-0.1, -0.05) is 19.4 Å². The van der Waals surface area contributed by atoms with Gasteiger partial charge < -0.3 is 21.3 Å². The van der Waals surface area contributed by atoms with Crippen LogP contribution in [0.15, 0.2) is 24.3 Å². The summed E-state index contributed by atoms with van der Waals surface area (Å²) in [6, 6.07) is 7.03. The quantitative estimate of drug-likeness (QED) is 0.549. The average Bonchev–Trinajstić information content (AvgIpc) is 2.42. The van der Waals surface area contributed by atoms with E-state index in [1.54, 1.807) is 24.3 Å². The van der Waals surface area contributed by atoms with Crippen molar-refractivity contribution in [3.63, 3.8) is 0 Å². The molecule has 0 radical (unpaired) electrons. The molecule has 5 N–H and O–H groups in total. The standard InChI is InChI=1S/C15H25N3O3/c1-2-3-7-18(10-15(17)20)9-13(19)11-21-14-6-4-5-12(16)8-14/h4-6,8,13,19H,2-3,7,9-11,16H2,1H3,(H2,17,20). The van der Waals surface area contributed by atoms with E-state index in [-0.39, 0.29) is 13.2 Å². The fourth-order valence-electron chi connectivity index (χ4n) is 1.98. The predicted molar refractivity (Wildman–Crippen MR) is 82.9 cm³/mol. The fraction of sp³-hybridized carbons (Fsp3) is 0.533. The number of aliphatic hydroxyl groups excluding tert-OH is 1. The Balaban J connectivity index is 2.41. The molecule has 0 bridgehead atoms. The number of ether oxygens (including phenoxy) is 1. The van der Waals surface area contributed by atoms with Crippen LogP contribution in [-0.2, 0) is 4.79 Å². The van der Waals surface area contributed by atoms with Crippen molar-refractivity contribution in [1.29, 1.82) is 0 Å². The third-order valence-corrected chi connectivity index (χ3v) is 2.98. The Hall–Kier alpha value is -1.79. The van der Waals surface area contributed by atoms with Gasteiger partial charge in [0.15, 0.2) is 0 Å². The molecule has 0 saturated carbocycles. The number of hydrogen-bond donors (Lipinski definition) is 3. The summed E-state index contributed by atoms with van der Waals surface area (Å²) in [6.07, 6.45) is 1.28. The zero-order valence-electron chi connectivity index (χ0n) is 12.5. The van der Waals surface area contributed by atoms with Gasteiger partial charge in [0.2, 0.25) is 5.91 Å². The molecule has 0 spiro atoms. The van der Waals surface area contributed by atoms with Gasteiger partial charge in [-0.3, -0.25) is 9.69 Å². The van der Waals surface area contributed by atoms with Crippen LogP contribution in [0.3, 0.4) is 0 Å². The SMILES string of the molecule is CCCCN(CC(N)=O)CC(O)COc1cccc(N)c1. The van der Waals surface area contributed by atoms with Crippen molar-refractivity contribution in [3.8, 4) is 5.75 Å². The van der Waals surface area contributed by atoms with Crippen LogP contribution in [0.5, 0.6) is 5.75 Å². The van der Waals surface area contributed by atoms with Gasteiger partial charge >= 0.3 is 0 Å². The molecule has 1 amide bonds. The maximum absolute atomic E-state index is 11.0. The third kappa shape index (κ3) is 7.53. The second-order valence-electron chi connectivity index (χ2n) is 5.09. The molecule has 0 fully saturated rings. The van der Waals surface area contributed by atoms with Gasteiger partial charge in [-0.2, -0.15) is 0 Å². The summed E-state index contributed by atoms with van der Waals surface area (Å²) >= 11 is 0. The van der Waals surface area contributed by atoms with Crippen molar-refractivity contribution in [3.05, 3.63) is 24.3 Å². The van der Waals surface area contributed by atoms with Gasteiger partial charge in [-0.25, -0.2) is 0 Å². The molecular formula is C15H25N3O3. The van der Waals surface area contributed by atoms with E-state index < -0.39 is 12.0 Å². The highest BCUT2D eigenvalue weighted by atomic mass is 16.5. The molecule has 1 atom stereocenters. The lowest BCUT2D eigenvalue weighted by Gasteiger charge is -2.23. The molecule has 1 aromatic rings. The zero-order valence-corrected chi connectivity index (χ0v) is 12.5. The number of amides is 1. The van der Waals surface area contributed by atoms with E-state index in [9.17, 15) is 9.90 Å². The van der Waals surface area contributed by atoms with Gasteiger partial charge in [-0.05, 0) is 25.1 Å². The number of carbonyl (C=O) groups excluding carboxylic acids is 1.